The van der Waals surface area contributed by atoms with Crippen LogP contribution < -0.4 is 10.2 Å². The maximum Gasteiger partial charge on any atom is 0.294 e. The Morgan fingerprint density at radius 3 is 2.24 bits per heavy atom. The van der Waals surface area contributed by atoms with Crippen molar-refractivity contribution >= 4 is 25.6 Å². The lowest BCUT2D eigenvalue weighted by Gasteiger charge is -2.29. The molecule has 3 aromatic rings. The van der Waals surface area contributed by atoms with Gasteiger partial charge < -0.3 is 10.2 Å². The Morgan fingerprint density at radius 2 is 1.64 bits per heavy atom. The Labute approximate surface area is 193 Å². The fourth-order valence-electron chi connectivity index (χ4n) is 4.57. The highest BCUT2D eigenvalue weighted by Gasteiger charge is 2.40. The first kappa shape index (κ1) is 22.1. The third-order valence-electron chi connectivity index (χ3n) is 6.49. The van der Waals surface area contributed by atoms with Crippen LogP contribution in [0.15, 0.2) is 81.4 Å². The van der Waals surface area contributed by atoms with Crippen LogP contribution in [0.5, 0.6) is 0 Å². The van der Waals surface area contributed by atoms with E-state index in [2.05, 4.69) is 16.3 Å². The summed E-state index contributed by atoms with van der Waals surface area (Å²) in [5.74, 6) is 0.710. The molecule has 3 aliphatic heterocycles. The molecule has 0 bridgehead atoms. The molecule has 0 spiro atoms. The standard InChI is InChI=1S/C17H16N2O2S.C7H8O3S/c20-22(21)16-4-2-1-3-13(16)14-6-5-12(7-17(14)22)19-9-11-8-18-15(11)10-19;1-6-2-4-7(5-3-6)11(8,9)10/h1-7,11,15,18H,8-10H2;2-5H,1H3,(H,8,9,10)/t11-,15+;/m0./s1. The Hall–Kier alpha value is -2.72. The highest BCUT2D eigenvalue weighted by atomic mass is 32.2. The predicted octanol–water partition coefficient (Wildman–Crippen LogP) is 3.15. The molecule has 9 heteroatoms. The smallest absolute Gasteiger partial charge is 0.294 e. The predicted molar refractivity (Wildman–Crippen MR) is 126 cm³/mol. The van der Waals surface area contributed by atoms with E-state index in [1.165, 1.54) is 12.1 Å². The number of sulfone groups is 1. The summed E-state index contributed by atoms with van der Waals surface area (Å²) >= 11 is 0. The van der Waals surface area contributed by atoms with Gasteiger partial charge in [0.2, 0.25) is 9.84 Å². The van der Waals surface area contributed by atoms with Gasteiger partial charge >= 0.3 is 0 Å². The van der Waals surface area contributed by atoms with Crippen LogP contribution in [0.2, 0.25) is 0 Å². The van der Waals surface area contributed by atoms with Crippen molar-refractivity contribution < 1.29 is 21.4 Å². The van der Waals surface area contributed by atoms with E-state index >= 15 is 0 Å². The zero-order valence-electron chi connectivity index (χ0n) is 18.0. The molecule has 0 radical (unpaired) electrons. The van der Waals surface area contributed by atoms with Gasteiger partial charge in [0.1, 0.15) is 0 Å². The highest BCUT2D eigenvalue weighted by Crippen LogP contribution is 2.44. The topological polar surface area (TPSA) is 104 Å². The van der Waals surface area contributed by atoms with E-state index in [0.717, 1.165) is 42.0 Å². The molecule has 7 nitrogen and oxygen atoms in total. The maximum absolute atomic E-state index is 12.8. The van der Waals surface area contributed by atoms with Crippen LogP contribution >= 0.6 is 0 Å². The van der Waals surface area contributed by atoms with Gasteiger partial charge in [-0.1, -0.05) is 42.0 Å². The van der Waals surface area contributed by atoms with E-state index in [1.807, 2.05) is 31.2 Å². The third-order valence-corrected chi connectivity index (χ3v) is 9.21. The summed E-state index contributed by atoms with van der Waals surface area (Å²) in [6.45, 7) is 4.91. The normalized spacial score (nSPS) is 21.8. The molecule has 3 aliphatic rings. The van der Waals surface area contributed by atoms with Crippen LogP contribution in [0.1, 0.15) is 5.56 Å². The molecule has 3 heterocycles. The molecule has 172 valence electrons. The number of fused-ring (bicyclic) bond motifs is 4. The second-order valence-corrected chi connectivity index (χ2v) is 12.0. The van der Waals surface area contributed by atoms with E-state index in [1.54, 1.807) is 24.3 Å². The molecule has 33 heavy (non-hydrogen) atoms. The first-order valence-electron chi connectivity index (χ1n) is 10.7. The molecule has 6 rings (SSSR count). The molecule has 2 saturated heterocycles. The number of hydrogen-bond donors (Lipinski definition) is 2. The van der Waals surface area contributed by atoms with Gasteiger partial charge in [-0.3, -0.25) is 4.55 Å². The van der Waals surface area contributed by atoms with Gasteiger partial charge in [0.05, 0.1) is 14.7 Å². The molecule has 2 atom stereocenters. The number of nitrogens with one attached hydrogen (secondary N) is 1. The quantitative estimate of drug-likeness (QED) is 0.421. The summed E-state index contributed by atoms with van der Waals surface area (Å²) in [7, 11) is -7.39. The third kappa shape index (κ3) is 3.95. The minimum atomic E-state index is -4.02. The minimum absolute atomic E-state index is 0.0666. The average Bonchev–Trinajstić information content (AvgIpc) is 3.19. The molecular weight excluding hydrogens is 460 g/mol. The lowest BCUT2D eigenvalue weighted by atomic mass is 9.96. The molecular formula is C24H24N2O5S2. The van der Waals surface area contributed by atoms with Gasteiger partial charge in [-0.15, -0.1) is 0 Å². The Kier molecular flexibility index (Phi) is 5.32. The maximum atomic E-state index is 12.8. The number of aryl methyl sites for hydroxylation is 1. The molecule has 2 N–H and O–H groups in total. The summed E-state index contributed by atoms with van der Waals surface area (Å²) < 4.78 is 55.1. The van der Waals surface area contributed by atoms with Gasteiger partial charge in [-0.2, -0.15) is 8.42 Å². The number of nitrogens with zero attached hydrogens (tertiary/aromatic N) is 1. The van der Waals surface area contributed by atoms with E-state index in [9.17, 15) is 16.8 Å². The summed E-state index contributed by atoms with van der Waals surface area (Å²) in [6, 6.07) is 19.7. The molecule has 0 amide bonds. The van der Waals surface area contributed by atoms with Gasteiger partial charge in [-0.05, 0) is 37.3 Å². The Balaban J connectivity index is 0.000000177. The zero-order chi connectivity index (χ0) is 23.4. The van der Waals surface area contributed by atoms with Crippen LogP contribution in [0.4, 0.5) is 5.69 Å². The first-order valence-corrected chi connectivity index (χ1v) is 13.6. The van der Waals surface area contributed by atoms with Crippen molar-refractivity contribution in [3.63, 3.8) is 0 Å². The lowest BCUT2D eigenvalue weighted by molar-refractivity contribution is 0.297. The summed E-state index contributed by atoms with van der Waals surface area (Å²) in [6.07, 6.45) is 0. The average molecular weight is 485 g/mol. The first-order chi connectivity index (χ1) is 15.6. The molecule has 2 fully saturated rings. The van der Waals surface area contributed by atoms with Crippen LogP contribution in [-0.4, -0.2) is 47.1 Å². The van der Waals surface area contributed by atoms with E-state index in [4.69, 9.17) is 4.55 Å². The summed E-state index contributed by atoms with van der Waals surface area (Å²) in [4.78, 5) is 3.13. The van der Waals surface area contributed by atoms with Crippen molar-refractivity contribution in [2.24, 2.45) is 5.92 Å². The number of hydrogen-bond acceptors (Lipinski definition) is 6. The van der Waals surface area contributed by atoms with Crippen molar-refractivity contribution in [3.8, 4) is 11.1 Å². The highest BCUT2D eigenvalue weighted by molar-refractivity contribution is 7.92. The largest absolute Gasteiger partial charge is 0.370 e. The molecule has 0 aliphatic carbocycles. The van der Waals surface area contributed by atoms with E-state index in [0.29, 0.717) is 21.8 Å². The number of rotatable bonds is 2. The lowest BCUT2D eigenvalue weighted by Crippen LogP contribution is -2.51. The van der Waals surface area contributed by atoms with Crippen LogP contribution in [0.25, 0.3) is 11.1 Å². The summed E-state index contributed by atoms with van der Waals surface area (Å²) in [5.41, 5.74) is 3.63. The van der Waals surface area contributed by atoms with Gasteiger partial charge in [-0.25, -0.2) is 8.42 Å². The number of anilines is 1. The van der Waals surface area contributed by atoms with Gasteiger partial charge in [0, 0.05) is 48.4 Å². The van der Waals surface area contributed by atoms with Crippen molar-refractivity contribution in [1.29, 1.82) is 0 Å². The zero-order valence-corrected chi connectivity index (χ0v) is 19.6. The minimum Gasteiger partial charge on any atom is -0.370 e. The van der Waals surface area contributed by atoms with Crippen LogP contribution in [0.3, 0.4) is 0 Å². The Morgan fingerprint density at radius 1 is 0.939 bits per heavy atom. The monoisotopic (exact) mass is 484 g/mol. The molecule has 0 unspecified atom stereocenters. The Bertz CT molecular complexity index is 1420. The molecule has 0 aromatic heterocycles. The number of benzene rings is 3. The molecule has 3 aromatic carbocycles. The fraction of sp³-hybridized carbons (Fsp3) is 0.250. The van der Waals surface area contributed by atoms with Crippen molar-refractivity contribution in [3.05, 3.63) is 72.3 Å². The van der Waals surface area contributed by atoms with Gasteiger partial charge in [0.25, 0.3) is 10.1 Å². The van der Waals surface area contributed by atoms with Crippen LogP contribution in [-0.2, 0) is 20.0 Å². The second-order valence-electron chi connectivity index (χ2n) is 8.65. The summed E-state index contributed by atoms with van der Waals surface area (Å²) in [5, 5.41) is 3.43. The van der Waals surface area contributed by atoms with Crippen molar-refractivity contribution in [2.45, 2.75) is 27.7 Å². The van der Waals surface area contributed by atoms with Crippen molar-refractivity contribution in [2.75, 3.05) is 24.5 Å². The van der Waals surface area contributed by atoms with Crippen LogP contribution in [0, 0.1) is 12.8 Å². The van der Waals surface area contributed by atoms with E-state index < -0.39 is 20.0 Å². The second kappa shape index (κ2) is 7.95. The van der Waals surface area contributed by atoms with E-state index in [-0.39, 0.29) is 4.90 Å². The SMILES string of the molecule is Cc1ccc(S(=O)(=O)O)cc1.O=S1(=O)c2ccccc2-c2ccc(N3C[C@@H]4CN[C@@H]4C3)cc21. The molecule has 0 saturated carbocycles. The van der Waals surface area contributed by atoms with Gasteiger partial charge in [0.15, 0.2) is 0 Å². The fourth-order valence-corrected chi connectivity index (χ4v) is 6.75. The van der Waals surface area contributed by atoms with Crippen molar-refractivity contribution in [1.82, 2.24) is 5.32 Å².